The molecule has 23 heavy (non-hydrogen) atoms. The number of H-pyrrole nitrogens is 1. The molecule has 0 saturated carbocycles. The predicted octanol–water partition coefficient (Wildman–Crippen LogP) is 4.54. The van der Waals surface area contributed by atoms with Crippen LogP contribution in [0.3, 0.4) is 0 Å². The molecule has 0 radical (unpaired) electrons. The van der Waals surface area contributed by atoms with Gasteiger partial charge in [0.1, 0.15) is 16.2 Å². The molecule has 0 saturated heterocycles. The van der Waals surface area contributed by atoms with Crippen molar-refractivity contribution in [3.63, 3.8) is 0 Å². The van der Waals surface area contributed by atoms with Crippen LogP contribution in [0, 0.1) is 0 Å². The number of nitrogens with one attached hydrogen (secondary N) is 1. The number of ketones is 1. The molecule has 6 heteroatoms. The SMILES string of the molecule is CC(Sc1ncnc2sccc12)C(=O)c1c[nH]c2ccccc12. The number of para-hydroxylation sites is 1. The smallest absolute Gasteiger partial charge is 0.178 e. The molecule has 0 fully saturated rings. The molecule has 0 aliphatic carbocycles. The van der Waals surface area contributed by atoms with Gasteiger partial charge in [-0.05, 0) is 24.4 Å². The predicted molar refractivity (Wildman–Crippen MR) is 95.4 cm³/mol. The number of Topliss-reactive ketones (excluding diaryl/α,β-unsaturated/α-hetero) is 1. The van der Waals surface area contributed by atoms with Gasteiger partial charge in [-0.15, -0.1) is 11.3 Å². The van der Waals surface area contributed by atoms with Gasteiger partial charge in [-0.1, -0.05) is 30.0 Å². The summed E-state index contributed by atoms with van der Waals surface area (Å²) in [5.74, 6) is 0.106. The van der Waals surface area contributed by atoms with E-state index in [4.69, 9.17) is 0 Å². The summed E-state index contributed by atoms with van der Waals surface area (Å²) >= 11 is 3.07. The van der Waals surface area contributed by atoms with Crippen LogP contribution >= 0.6 is 23.1 Å². The van der Waals surface area contributed by atoms with Crippen molar-refractivity contribution < 1.29 is 4.79 Å². The number of thioether (sulfide) groups is 1. The summed E-state index contributed by atoms with van der Waals surface area (Å²) in [7, 11) is 0. The maximum atomic E-state index is 12.8. The summed E-state index contributed by atoms with van der Waals surface area (Å²) in [6.45, 7) is 1.93. The van der Waals surface area contributed by atoms with Crippen LogP contribution in [-0.2, 0) is 0 Å². The Balaban J connectivity index is 1.65. The minimum absolute atomic E-state index is 0.106. The lowest BCUT2D eigenvalue weighted by molar-refractivity contribution is 0.0995. The van der Waals surface area contributed by atoms with Crippen LogP contribution in [0.1, 0.15) is 17.3 Å². The van der Waals surface area contributed by atoms with Crippen LogP contribution in [0.2, 0.25) is 0 Å². The molecule has 4 nitrogen and oxygen atoms in total. The Morgan fingerprint density at radius 2 is 2.09 bits per heavy atom. The molecule has 1 unspecified atom stereocenters. The first-order chi connectivity index (χ1) is 11.2. The Morgan fingerprint density at radius 1 is 1.22 bits per heavy atom. The van der Waals surface area contributed by atoms with Crippen molar-refractivity contribution in [2.45, 2.75) is 17.2 Å². The minimum Gasteiger partial charge on any atom is -0.360 e. The fraction of sp³-hybridized carbons (Fsp3) is 0.118. The Labute approximate surface area is 141 Å². The molecule has 3 aromatic heterocycles. The largest absolute Gasteiger partial charge is 0.360 e. The molecule has 0 aliphatic heterocycles. The zero-order valence-corrected chi connectivity index (χ0v) is 13.9. The molecule has 0 amide bonds. The number of carbonyl (C=O) groups is 1. The number of aromatic amines is 1. The maximum absolute atomic E-state index is 12.8. The highest BCUT2D eigenvalue weighted by molar-refractivity contribution is 8.00. The zero-order chi connectivity index (χ0) is 15.8. The molecule has 114 valence electrons. The van der Waals surface area contributed by atoms with Gasteiger partial charge >= 0.3 is 0 Å². The van der Waals surface area contributed by atoms with Gasteiger partial charge in [-0.3, -0.25) is 4.79 Å². The number of carbonyl (C=O) groups excluding carboxylic acids is 1. The maximum Gasteiger partial charge on any atom is 0.178 e. The lowest BCUT2D eigenvalue weighted by Gasteiger charge is -2.09. The van der Waals surface area contributed by atoms with Crippen LogP contribution < -0.4 is 0 Å². The molecule has 0 bridgehead atoms. The van der Waals surface area contributed by atoms with Crippen molar-refractivity contribution in [2.24, 2.45) is 0 Å². The van der Waals surface area contributed by atoms with E-state index in [0.29, 0.717) is 0 Å². The van der Waals surface area contributed by atoms with Gasteiger partial charge in [0.2, 0.25) is 0 Å². The zero-order valence-electron chi connectivity index (χ0n) is 12.3. The second kappa shape index (κ2) is 5.79. The fourth-order valence-corrected chi connectivity index (χ4v) is 4.34. The Hall–Kier alpha value is -2.18. The number of thiophene rings is 1. The molecule has 1 N–H and O–H groups in total. The van der Waals surface area contributed by atoms with E-state index in [-0.39, 0.29) is 11.0 Å². The molecule has 0 spiro atoms. The van der Waals surface area contributed by atoms with Crippen LogP contribution in [0.25, 0.3) is 21.1 Å². The second-order valence-corrected chi connectivity index (χ2v) is 7.41. The summed E-state index contributed by atoms with van der Waals surface area (Å²) in [6, 6.07) is 9.86. The third kappa shape index (κ3) is 2.54. The number of aromatic nitrogens is 3. The van der Waals surface area contributed by atoms with Crippen molar-refractivity contribution in [3.8, 4) is 0 Å². The fourth-order valence-electron chi connectivity index (χ4n) is 2.58. The van der Waals surface area contributed by atoms with E-state index in [2.05, 4.69) is 15.0 Å². The summed E-state index contributed by atoms with van der Waals surface area (Å²) in [5, 5.41) is 4.62. The number of hydrogen-bond donors (Lipinski definition) is 1. The number of nitrogens with zero attached hydrogens (tertiary/aromatic N) is 2. The second-order valence-electron chi connectivity index (χ2n) is 5.19. The number of rotatable bonds is 4. The summed E-state index contributed by atoms with van der Waals surface area (Å²) < 4.78 is 0. The lowest BCUT2D eigenvalue weighted by Crippen LogP contribution is -2.13. The van der Waals surface area contributed by atoms with E-state index >= 15 is 0 Å². The van der Waals surface area contributed by atoms with Gasteiger partial charge in [0.05, 0.1) is 5.25 Å². The average Bonchev–Trinajstić information content (AvgIpc) is 3.21. The van der Waals surface area contributed by atoms with Gasteiger partial charge < -0.3 is 4.98 Å². The molecule has 4 rings (SSSR count). The summed E-state index contributed by atoms with van der Waals surface area (Å²) in [5.41, 5.74) is 1.71. The van der Waals surface area contributed by atoms with Crippen LogP contribution in [0.5, 0.6) is 0 Å². The molecule has 0 aliphatic rings. The molecule has 3 heterocycles. The average molecular weight is 339 g/mol. The quantitative estimate of drug-likeness (QED) is 0.337. The lowest BCUT2D eigenvalue weighted by atomic mass is 10.1. The third-order valence-electron chi connectivity index (χ3n) is 3.74. The van der Waals surface area contributed by atoms with Crippen molar-refractivity contribution in [1.82, 2.24) is 15.0 Å². The van der Waals surface area contributed by atoms with E-state index < -0.39 is 0 Å². The Morgan fingerprint density at radius 3 is 3.00 bits per heavy atom. The molecular formula is C17H13N3OS2. The number of fused-ring (bicyclic) bond motifs is 2. The summed E-state index contributed by atoms with van der Waals surface area (Å²) in [6.07, 6.45) is 3.36. The number of hydrogen-bond acceptors (Lipinski definition) is 5. The number of benzene rings is 1. The van der Waals surface area contributed by atoms with Gasteiger partial charge in [-0.2, -0.15) is 0 Å². The third-order valence-corrected chi connectivity index (χ3v) is 5.67. The highest BCUT2D eigenvalue weighted by Crippen LogP contribution is 2.32. The van der Waals surface area contributed by atoms with Gasteiger partial charge in [0.15, 0.2) is 5.78 Å². The Bertz CT molecular complexity index is 1010. The van der Waals surface area contributed by atoms with Crippen LogP contribution in [0.4, 0.5) is 0 Å². The van der Waals surface area contributed by atoms with E-state index in [1.165, 1.54) is 11.8 Å². The standard InChI is InChI=1S/C17H13N3OS2/c1-10(23-17-12-6-7-22-16(12)19-9-20-17)15(21)13-8-18-14-5-3-2-4-11(13)14/h2-10,18H,1H3. The Kier molecular flexibility index (Phi) is 3.63. The van der Waals surface area contributed by atoms with E-state index in [9.17, 15) is 4.79 Å². The van der Waals surface area contributed by atoms with E-state index in [1.54, 1.807) is 23.9 Å². The van der Waals surface area contributed by atoms with Gasteiger partial charge in [0, 0.05) is 28.0 Å². The van der Waals surface area contributed by atoms with E-state index in [0.717, 1.165) is 31.7 Å². The highest BCUT2D eigenvalue weighted by atomic mass is 32.2. The van der Waals surface area contributed by atoms with Crippen molar-refractivity contribution in [1.29, 1.82) is 0 Å². The molecule has 1 atom stereocenters. The first-order valence-corrected chi connectivity index (χ1v) is 8.95. The molecule has 1 aromatic carbocycles. The minimum atomic E-state index is -0.216. The summed E-state index contributed by atoms with van der Waals surface area (Å²) in [4.78, 5) is 25.5. The van der Waals surface area contributed by atoms with Crippen LogP contribution in [0.15, 0.2) is 53.3 Å². The first-order valence-electron chi connectivity index (χ1n) is 7.19. The first kappa shape index (κ1) is 14.4. The molecular weight excluding hydrogens is 326 g/mol. The van der Waals surface area contributed by atoms with Gasteiger partial charge in [-0.25, -0.2) is 9.97 Å². The normalized spacial score (nSPS) is 12.7. The van der Waals surface area contributed by atoms with E-state index in [1.807, 2.05) is 42.6 Å². The topological polar surface area (TPSA) is 58.6 Å². The van der Waals surface area contributed by atoms with Crippen molar-refractivity contribution in [3.05, 3.63) is 53.8 Å². The molecule has 4 aromatic rings. The highest BCUT2D eigenvalue weighted by Gasteiger charge is 2.21. The monoisotopic (exact) mass is 339 g/mol. The van der Waals surface area contributed by atoms with Gasteiger partial charge in [0.25, 0.3) is 0 Å². The van der Waals surface area contributed by atoms with Crippen molar-refractivity contribution >= 4 is 50.0 Å². The van der Waals surface area contributed by atoms with Crippen LogP contribution in [-0.4, -0.2) is 26.0 Å². The van der Waals surface area contributed by atoms with Crippen molar-refractivity contribution in [2.75, 3.05) is 0 Å².